The maximum absolute atomic E-state index is 13.1. The van der Waals surface area contributed by atoms with Crippen molar-refractivity contribution >= 4 is 11.7 Å². The zero-order valence-corrected chi connectivity index (χ0v) is 16.7. The lowest BCUT2D eigenvalue weighted by Crippen LogP contribution is -2.28. The van der Waals surface area contributed by atoms with E-state index in [0.29, 0.717) is 11.3 Å². The van der Waals surface area contributed by atoms with Gasteiger partial charge < -0.3 is 15.7 Å². The Morgan fingerprint density at radius 3 is 2.70 bits per heavy atom. The average molecular weight is 404 g/mol. The highest BCUT2D eigenvalue weighted by atomic mass is 16.3. The van der Waals surface area contributed by atoms with Crippen molar-refractivity contribution in [1.82, 2.24) is 14.9 Å². The van der Waals surface area contributed by atoms with E-state index in [0.717, 1.165) is 24.0 Å². The molecule has 7 nitrogen and oxygen atoms in total. The minimum absolute atomic E-state index is 0.132. The summed E-state index contributed by atoms with van der Waals surface area (Å²) in [4.78, 5) is 29.7. The number of hydrogen-bond donors (Lipinski definition) is 3. The molecule has 3 aromatic rings. The molecule has 3 N–H and O–H groups in total. The number of aliphatic hydroxyl groups excluding tert-OH is 1. The molecule has 1 aliphatic rings. The molecular weight excluding hydrogens is 380 g/mol. The molecule has 0 saturated heterocycles. The van der Waals surface area contributed by atoms with E-state index in [1.54, 1.807) is 18.3 Å². The lowest BCUT2D eigenvalue weighted by atomic mass is 10.1. The van der Waals surface area contributed by atoms with Gasteiger partial charge in [-0.1, -0.05) is 36.4 Å². The van der Waals surface area contributed by atoms with Crippen molar-refractivity contribution in [2.75, 3.05) is 11.9 Å². The van der Waals surface area contributed by atoms with Crippen LogP contribution < -0.4 is 16.2 Å². The Kier molecular flexibility index (Phi) is 5.63. The van der Waals surface area contributed by atoms with Gasteiger partial charge in [-0.05, 0) is 43.0 Å². The first-order valence-electron chi connectivity index (χ1n) is 9.98. The van der Waals surface area contributed by atoms with Gasteiger partial charge in [0.05, 0.1) is 18.3 Å². The molecule has 1 fully saturated rings. The summed E-state index contributed by atoms with van der Waals surface area (Å²) in [7, 11) is 0. The van der Waals surface area contributed by atoms with Gasteiger partial charge in [0.15, 0.2) is 5.82 Å². The molecule has 0 aliphatic heterocycles. The SMILES string of the molecule is Cc1ccc(C(=O)NC2CC2)cc1-n1ccnc(N[C@H](CO)c2ccccc2)c1=O. The van der Waals surface area contributed by atoms with Crippen molar-refractivity contribution in [3.05, 3.63) is 88.0 Å². The summed E-state index contributed by atoms with van der Waals surface area (Å²) >= 11 is 0. The number of aliphatic hydroxyl groups is 1. The third-order valence-electron chi connectivity index (χ3n) is 5.18. The van der Waals surface area contributed by atoms with Gasteiger partial charge in [-0.3, -0.25) is 14.2 Å². The quantitative estimate of drug-likeness (QED) is 0.563. The van der Waals surface area contributed by atoms with Gasteiger partial charge in [0.25, 0.3) is 11.5 Å². The van der Waals surface area contributed by atoms with Crippen LogP contribution in [0.4, 0.5) is 5.82 Å². The summed E-state index contributed by atoms with van der Waals surface area (Å²) in [6, 6.07) is 14.5. The van der Waals surface area contributed by atoms with Gasteiger partial charge in [0.1, 0.15) is 0 Å². The molecule has 0 spiro atoms. The highest BCUT2D eigenvalue weighted by Gasteiger charge is 2.24. The van der Waals surface area contributed by atoms with E-state index in [4.69, 9.17) is 0 Å². The van der Waals surface area contributed by atoms with Crippen LogP contribution in [0.25, 0.3) is 5.69 Å². The second kappa shape index (κ2) is 8.51. The number of nitrogens with one attached hydrogen (secondary N) is 2. The fraction of sp³-hybridized carbons (Fsp3) is 0.261. The maximum Gasteiger partial charge on any atom is 0.297 e. The zero-order valence-electron chi connectivity index (χ0n) is 16.7. The third kappa shape index (κ3) is 4.26. The van der Waals surface area contributed by atoms with Crippen LogP contribution in [-0.4, -0.2) is 33.2 Å². The Bertz CT molecular complexity index is 1110. The minimum Gasteiger partial charge on any atom is -0.394 e. The molecule has 30 heavy (non-hydrogen) atoms. The molecule has 1 heterocycles. The van der Waals surface area contributed by atoms with E-state index in [2.05, 4.69) is 15.6 Å². The van der Waals surface area contributed by atoms with Crippen LogP contribution in [0.3, 0.4) is 0 Å². The third-order valence-corrected chi connectivity index (χ3v) is 5.18. The van der Waals surface area contributed by atoms with Crippen LogP contribution in [0.5, 0.6) is 0 Å². The van der Waals surface area contributed by atoms with Crippen molar-refractivity contribution in [1.29, 1.82) is 0 Å². The molecule has 0 radical (unpaired) electrons. The van der Waals surface area contributed by atoms with Gasteiger partial charge >= 0.3 is 0 Å². The van der Waals surface area contributed by atoms with Gasteiger partial charge in [-0.15, -0.1) is 0 Å². The van der Waals surface area contributed by atoms with E-state index in [9.17, 15) is 14.7 Å². The molecule has 7 heteroatoms. The highest BCUT2D eigenvalue weighted by Crippen LogP contribution is 2.21. The van der Waals surface area contributed by atoms with Crippen LogP contribution >= 0.6 is 0 Å². The summed E-state index contributed by atoms with van der Waals surface area (Å²) in [5.74, 6) is -0.00346. The summed E-state index contributed by atoms with van der Waals surface area (Å²) in [5, 5.41) is 15.8. The van der Waals surface area contributed by atoms with Crippen molar-refractivity contribution in [2.24, 2.45) is 0 Å². The van der Waals surface area contributed by atoms with Crippen LogP contribution in [0.1, 0.15) is 40.4 Å². The summed E-state index contributed by atoms with van der Waals surface area (Å²) in [5.41, 5.74) is 2.49. The molecular formula is C23H24N4O3. The molecule has 1 aromatic heterocycles. The summed E-state index contributed by atoms with van der Waals surface area (Å²) in [6.07, 6.45) is 5.13. The second-order valence-electron chi connectivity index (χ2n) is 7.49. The molecule has 2 aromatic carbocycles. The number of carbonyl (C=O) groups excluding carboxylic acids is 1. The number of anilines is 1. The monoisotopic (exact) mass is 404 g/mol. The number of aryl methyl sites for hydroxylation is 1. The van der Waals surface area contributed by atoms with Crippen LogP contribution in [0.15, 0.2) is 65.7 Å². The molecule has 1 atom stereocenters. The lowest BCUT2D eigenvalue weighted by Gasteiger charge is -2.18. The normalized spacial score (nSPS) is 14.2. The Labute approximate surface area is 174 Å². The number of nitrogens with zero attached hydrogens (tertiary/aromatic N) is 2. The fourth-order valence-corrected chi connectivity index (χ4v) is 3.29. The topological polar surface area (TPSA) is 96.2 Å². The van der Waals surface area contributed by atoms with Gasteiger partial charge in [0.2, 0.25) is 0 Å². The predicted molar refractivity (Wildman–Crippen MR) is 115 cm³/mol. The molecule has 1 saturated carbocycles. The molecule has 154 valence electrons. The van der Waals surface area contributed by atoms with Crippen LogP contribution in [0, 0.1) is 6.92 Å². The second-order valence-corrected chi connectivity index (χ2v) is 7.49. The Morgan fingerprint density at radius 2 is 2.00 bits per heavy atom. The first kappa shape index (κ1) is 19.8. The predicted octanol–water partition coefficient (Wildman–Crippen LogP) is 2.58. The number of amides is 1. The van der Waals surface area contributed by atoms with E-state index in [1.165, 1.54) is 10.8 Å². The van der Waals surface area contributed by atoms with Crippen molar-refractivity contribution in [3.8, 4) is 5.69 Å². The molecule has 4 rings (SSSR count). The molecule has 1 amide bonds. The number of aromatic nitrogens is 2. The number of rotatable bonds is 7. The highest BCUT2D eigenvalue weighted by molar-refractivity contribution is 5.95. The van der Waals surface area contributed by atoms with E-state index >= 15 is 0 Å². The van der Waals surface area contributed by atoms with Crippen molar-refractivity contribution < 1.29 is 9.90 Å². The molecule has 0 bridgehead atoms. The Hall–Kier alpha value is -3.45. The summed E-state index contributed by atoms with van der Waals surface area (Å²) < 4.78 is 1.47. The maximum atomic E-state index is 13.1. The molecule has 1 aliphatic carbocycles. The van der Waals surface area contributed by atoms with Crippen molar-refractivity contribution in [3.63, 3.8) is 0 Å². The summed E-state index contributed by atoms with van der Waals surface area (Å²) in [6.45, 7) is 1.70. The largest absolute Gasteiger partial charge is 0.394 e. The Balaban J connectivity index is 1.66. The van der Waals surface area contributed by atoms with E-state index in [-0.39, 0.29) is 29.9 Å². The number of benzene rings is 2. The van der Waals surface area contributed by atoms with Gasteiger partial charge in [-0.2, -0.15) is 0 Å². The standard InChI is InChI=1S/C23H24N4O3/c1-15-7-8-17(22(29)25-18-9-10-18)13-20(15)27-12-11-24-21(23(27)30)26-19(14-28)16-5-3-2-4-6-16/h2-8,11-13,18-19,28H,9-10,14H2,1H3,(H,24,26)(H,25,29)/t19-/m1/s1. The van der Waals surface area contributed by atoms with Crippen LogP contribution in [-0.2, 0) is 0 Å². The minimum atomic E-state index is -0.459. The Morgan fingerprint density at radius 1 is 1.23 bits per heavy atom. The number of hydrogen-bond acceptors (Lipinski definition) is 5. The van der Waals surface area contributed by atoms with Gasteiger partial charge in [0, 0.05) is 24.0 Å². The average Bonchev–Trinajstić information content (AvgIpc) is 3.58. The smallest absolute Gasteiger partial charge is 0.297 e. The lowest BCUT2D eigenvalue weighted by molar-refractivity contribution is 0.0951. The van der Waals surface area contributed by atoms with Crippen molar-refractivity contribution in [2.45, 2.75) is 31.8 Å². The first-order valence-corrected chi connectivity index (χ1v) is 9.98. The molecule has 0 unspecified atom stereocenters. The van der Waals surface area contributed by atoms with E-state index < -0.39 is 6.04 Å². The zero-order chi connectivity index (χ0) is 21.1. The fourth-order valence-electron chi connectivity index (χ4n) is 3.29. The van der Waals surface area contributed by atoms with Gasteiger partial charge in [-0.25, -0.2) is 4.98 Å². The number of carbonyl (C=O) groups is 1. The van der Waals surface area contributed by atoms with E-state index in [1.807, 2.05) is 43.3 Å². The van der Waals surface area contributed by atoms with Crippen LogP contribution in [0.2, 0.25) is 0 Å². The first-order chi connectivity index (χ1) is 14.6.